The molecule has 1 aromatic rings. The summed E-state index contributed by atoms with van der Waals surface area (Å²) in [5, 5.41) is 2.31. The van der Waals surface area contributed by atoms with Crippen LogP contribution in [0, 0.1) is 6.92 Å². The van der Waals surface area contributed by atoms with E-state index in [1.165, 1.54) is 0 Å². The van der Waals surface area contributed by atoms with Crippen molar-refractivity contribution in [2.24, 2.45) is 5.73 Å². The standard InChI is InChI=1S/C14H20N2O3S/c1-10-5-7-11(8-6-10)16-14(13(15)17)9-3-4-12(14)20(2,18)19/h5-8,12,16H,3-4,9H2,1-2H3,(H2,15,17). The van der Waals surface area contributed by atoms with Gasteiger partial charge in [0.05, 0.1) is 5.25 Å². The van der Waals surface area contributed by atoms with Gasteiger partial charge in [-0.25, -0.2) is 8.42 Å². The van der Waals surface area contributed by atoms with Crippen molar-refractivity contribution in [1.29, 1.82) is 0 Å². The molecule has 1 amide bonds. The third kappa shape index (κ3) is 2.65. The van der Waals surface area contributed by atoms with Crippen LogP contribution in [0.1, 0.15) is 24.8 Å². The number of carbonyl (C=O) groups is 1. The predicted molar refractivity (Wildman–Crippen MR) is 79.2 cm³/mol. The van der Waals surface area contributed by atoms with Crippen LogP contribution in [0.25, 0.3) is 0 Å². The highest BCUT2D eigenvalue weighted by Crippen LogP contribution is 2.37. The minimum Gasteiger partial charge on any atom is -0.370 e. The van der Waals surface area contributed by atoms with Gasteiger partial charge in [-0.15, -0.1) is 0 Å². The van der Waals surface area contributed by atoms with Gasteiger partial charge in [-0.05, 0) is 38.3 Å². The van der Waals surface area contributed by atoms with Crippen LogP contribution in [0.5, 0.6) is 0 Å². The molecule has 0 aromatic heterocycles. The van der Waals surface area contributed by atoms with E-state index in [0.29, 0.717) is 24.9 Å². The van der Waals surface area contributed by atoms with Crippen molar-refractivity contribution in [3.8, 4) is 0 Å². The lowest BCUT2D eigenvalue weighted by Crippen LogP contribution is -2.58. The van der Waals surface area contributed by atoms with E-state index in [0.717, 1.165) is 11.8 Å². The van der Waals surface area contributed by atoms with Crippen molar-refractivity contribution >= 4 is 21.4 Å². The molecule has 0 radical (unpaired) electrons. The van der Waals surface area contributed by atoms with Crippen molar-refractivity contribution < 1.29 is 13.2 Å². The molecule has 1 aliphatic carbocycles. The average molecular weight is 296 g/mol. The number of carbonyl (C=O) groups excluding carboxylic acids is 1. The Morgan fingerprint density at radius 1 is 1.35 bits per heavy atom. The molecule has 2 atom stereocenters. The average Bonchev–Trinajstić information content (AvgIpc) is 2.77. The van der Waals surface area contributed by atoms with E-state index < -0.39 is 26.5 Å². The monoisotopic (exact) mass is 296 g/mol. The number of nitrogens with two attached hydrogens (primary N) is 1. The molecule has 2 unspecified atom stereocenters. The highest BCUT2D eigenvalue weighted by atomic mass is 32.2. The summed E-state index contributed by atoms with van der Waals surface area (Å²) in [5.74, 6) is -0.606. The van der Waals surface area contributed by atoms with Gasteiger partial charge in [-0.1, -0.05) is 17.7 Å². The molecule has 0 bridgehead atoms. The number of benzene rings is 1. The Labute approximate surface area is 119 Å². The van der Waals surface area contributed by atoms with Crippen molar-refractivity contribution in [2.75, 3.05) is 11.6 Å². The SMILES string of the molecule is Cc1ccc(NC2(C(N)=O)CCCC2S(C)(=O)=O)cc1. The molecular weight excluding hydrogens is 276 g/mol. The maximum absolute atomic E-state index is 12.0. The van der Waals surface area contributed by atoms with Crippen LogP contribution >= 0.6 is 0 Å². The van der Waals surface area contributed by atoms with Crippen LogP contribution in [-0.4, -0.2) is 31.4 Å². The summed E-state index contributed by atoms with van der Waals surface area (Å²) in [6, 6.07) is 7.47. The lowest BCUT2D eigenvalue weighted by Gasteiger charge is -2.33. The third-order valence-electron chi connectivity index (χ3n) is 3.96. The quantitative estimate of drug-likeness (QED) is 0.874. The van der Waals surface area contributed by atoms with Gasteiger partial charge in [-0.3, -0.25) is 4.79 Å². The zero-order chi connectivity index (χ0) is 15.0. The Hall–Kier alpha value is -1.56. The topological polar surface area (TPSA) is 89.3 Å². The maximum atomic E-state index is 12.0. The minimum atomic E-state index is -3.35. The first-order chi connectivity index (χ1) is 9.25. The van der Waals surface area contributed by atoms with Gasteiger partial charge in [0.1, 0.15) is 5.54 Å². The predicted octanol–water partition coefficient (Wildman–Crippen LogP) is 1.23. The van der Waals surface area contributed by atoms with Crippen LogP contribution in [0.3, 0.4) is 0 Å². The fourth-order valence-electron chi connectivity index (χ4n) is 2.93. The number of nitrogens with one attached hydrogen (secondary N) is 1. The van der Waals surface area contributed by atoms with E-state index in [4.69, 9.17) is 5.73 Å². The van der Waals surface area contributed by atoms with E-state index >= 15 is 0 Å². The van der Waals surface area contributed by atoms with Gasteiger partial charge in [0.25, 0.3) is 0 Å². The summed E-state index contributed by atoms with van der Waals surface area (Å²) >= 11 is 0. The van der Waals surface area contributed by atoms with Gasteiger partial charge < -0.3 is 11.1 Å². The Morgan fingerprint density at radius 2 is 1.95 bits per heavy atom. The largest absolute Gasteiger partial charge is 0.370 e. The number of anilines is 1. The van der Waals surface area contributed by atoms with Crippen LogP contribution in [0.4, 0.5) is 5.69 Å². The molecule has 110 valence electrons. The molecular formula is C14H20N2O3S. The minimum absolute atomic E-state index is 0.438. The molecule has 1 saturated carbocycles. The van der Waals surface area contributed by atoms with Crippen molar-refractivity contribution in [3.05, 3.63) is 29.8 Å². The van der Waals surface area contributed by atoms with Gasteiger partial charge in [-0.2, -0.15) is 0 Å². The lowest BCUT2D eigenvalue weighted by molar-refractivity contribution is -0.122. The van der Waals surface area contributed by atoms with Crippen molar-refractivity contribution in [1.82, 2.24) is 0 Å². The second-order valence-electron chi connectivity index (χ2n) is 5.54. The zero-order valence-corrected chi connectivity index (χ0v) is 12.5. The summed E-state index contributed by atoms with van der Waals surface area (Å²) in [7, 11) is -3.35. The normalized spacial score (nSPS) is 26.4. The first kappa shape index (κ1) is 14.8. The molecule has 1 aromatic carbocycles. The van der Waals surface area contributed by atoms with Crippen LogP contribution < -0.4 is 11.1 Å². The second-order valence-corrected chi connectivity index (χ2v) is 7.77. The molecule has 6 heteroatoms. The Balaban J connectivity index is 2.40. The molecule has 0 aliphatic heterocycles. The fourth-order valence-corrected chi connectivity index (χ4v) is 4.55. The summed E-state index contributed by atoms with van der Waals surface area (Å²) in [6.45, 7) is 1.96. The van der Waals surface area contributed by atoms with E-state index in [1.54, 1.807) is 0 Å². The van der Waals surface area contributed by atoms with Gasteiger partial charge in [0.15, 0.2) is 9.84 Å². The Kier molecular flexibility index (Phi) is 3.77. The fraction of sp³-hybridized carbons (Fsp3) is 0.500. The smallest absolute Gasteiger partial charge is 0.244 e. The first-order valence-electron chi connectivity index (χ1n) is 6.59. The summed E-state index contributed by atoms with van der Waals surface area (Å²) < 4.78 is 23.9. The number of hydrogen-bond acceptors (Lipinski definition) is 4. The van der Waals surface area contributed by atoms with E-state index in [-0.39, 0.29) is 0 Å². The lowest BCUT2D eigenvalue weighted by atomic mass is 9.95. The molecule has 5 nitrogen and oxygen atoms in total. The number of aryl methyl sites for hydroxylation is 1. The number of rotatable bonds is 4. The van der Waals surface area contributed by atoms with E-state index in [2.05, 4.69) is 5.32 Å². The highest BCUT2D eigenvalue weighted by Gasteiger charge is 2.52. The van der Waals surface area contributed by atoms with E-state index in [9.17, 15) is 13.2 Å². The highest BCUT2D eigenvalue weighted by molar-refractivity contribution is 7.91. The molecule has 0 heterocycles. The number of sulfone groups is 1. The molecule has 1 aliphatic rings. The number of amides is 1. The van der Waals surface area contributed by atoms with E-state index in [1.807, 2.05) is 31.2 Å². The third-order valence-corrected chi connectivity index (χ3v) is 5.63. The van der Waals surface area contributed by atoms with Crippen molar-refractivity contribution in [3.63, 3.8) is 0 Å². The maximum Gasteiger partial charge on any atom is 0.244 e. The molecule has 0 saturated heterocycles. The Morgan fingerprint density at radius 3 is 2.45 bits per heavy atom. The second kappa shape index (κ2) is 5.09. The summed E-state index contributed by atoms with van der Waals surface area (Å²) in [5.41, 5.74) is 6.13. The van der Waals surface area contributed by atoms with Gasteiger partial charge in [0, 0.05) is 11.9 Å². The molecule has 3 N–H and O–H groups in total. The zero-order valence-electron chi connectivity index (χ0n) is 11.7. The summed E-state index contributed by atoms with van der Waals surface area (Å²) in [4.78, 5) is 11.9. The summed E-state index contributed by atoms with van der Waals surface area (Å²) in [6.07, 6.45) is 2.73. The molecule has 20 heavy (non-hydrogen) atoms. The molecule has 2 rings (SSSR count). The number of primary amides is 1. The first-order valence-corrected chi connectivity index (χ1v) is 8.55. The van der Waals surface area contributed by atoms with Crippen LogP contribution in [-0.2, 0) is 14.6 Å². The molecule has 1 fully saturated rings. The van der Waals surface area contributed by atoms with Crippen LogP contribution in [0.15, 0.2) is 24.3 Å². The van der Waals surface area contributed by atoms with Crippen LogP contribution in [0.2, 0.25) is 0 Å². The molecule has 0 spiro atoms. The number of hydrogen-bond donors (Lipinski definition) is 2. The van der Waals surface area contributed by atoms with Gasteiger partial charge >= 0.3 is 0 Å². The van der Waals surface area contributed by atoms with Crippen molar-refractivity contribution in [2.45, 2.75) is 37.0 Å². The Bertz CT molecular complexity index is 610. The van der Waals surface area contributed by atoms with Gasteiger partial charge in [0.2, 0.25) is 5.91 Å².